The van der Waals surface area contributed by atoms with Gasteiger partial charge in [0.15, 0.2) is 0 Å². The van der Waals surface area contributed by atoms with Crippen molar-refractivity contribution >= 4 is 18.0 Å². The fourth-order valence-corrected chi connectivity index (χ4v) is 2.65. The van der Waals surface area contributed by atoms with Crippen LogP contribution in [0.5, 0.6) is 5.75 Å². The second kappa shape index (κ2) is 9.88. The predicted octanol–water partition coefficient (Wildman–Crippen LogP) is 0.616. The summed E-state index contributed by atoms with van der Waals surface area (Å²) in [5, 5.41) is 9.86. The first-order valence-electron chi connectivity index (χ1n) is 8.76. The lowest BCUT2D eigenvalue weighted by Gasteiger charge is -2.12. The number of hydrogen-bond donors (Lipinski definition) is 4. The highest BCUT2D eigenvalue weighted by molar-refractivity contribution is 5.98. The molecule has 152 valence electrons. The molecule has 0 saturated heterocycles. The van der Waals surface area contributed by atoms with Crippen LogP contribution in [0.15, 0.2) is 53.1 Å². The first kappa shape index (κ1) is 21.4. The van der Waals surface area contributed by atoms with Gasteiger partial charge in [0.25, 0.3) is 17.4 Å². The molecule has 0 aliphatic heterocycles. The number of rotatable bonds is 9. The minimum absolute atomic E-state index is 0.120. The second-order valence-corrected chi connectivity index (χ2v) is 6.18. The van der Waals surface area contributed by atoms with Crippen molar-refractivity contribution in [3.63, 3.8) is 0 Å². The first-order chi connectivity index (χ1) is 13.9. The van der Waals surface area contributed by atoms with Crippen LogP contribution in [0, 0.1) is 5.41 Å². The van der Waals surface area contributed by atoms with Crippen LogP contribution in [-0.4, -0.2) is 36.3 Å². The van der Waals surface area contributed by atoms with Gasteiger partial charge < -0.3 is 31.5 Å². The number of methoxy groups -OCH3 is 1. The largest absolute Gasteiger partial charge is 0.497 e. The third-order valence-electron chi connectivity index (χ3n) is 4.20. The summed E-state index contributed by atoms with van der Waals surface area (Å²) in [4.78, 5) is 36.8. The number of nitrogens with one attached hydrogen (secondary N) is 2. The van der Waals surface area contributed by atoms with Gasteiger partial charge in [-0.05, 0) is 42.0 Å². The standard InChI is InChI=1S/C20H23N5O4/c1-29-16-4-2-3-13(7-16)11-25-12-15(8-17(18(23)26)20(25)28)19(27)24-6-5-14(9-21)10-22/h2-4,7-10,12,21H,5-6,11,22H2,1H3,(H2,23,26)(H,24,27)/b14-10-,21-9?. The zero-order chi connectivity index (χ0) is 21.4. The van der Waals surface area contributed by atoms with Crippen molar-refractivity contribution in [1.82, 2.24) is 9.88 Å². The Hall–Kier alpha value is -3.88. The predicted molar refractivity (Wildman–Crippen MR) is 109 cm³/mol. The average Bonchev–Trinajstić information content (AvgIpc) is 2.72. The Morgan fingerprint density at radius 1 is 1.31 bits per heavy atom. The molecule has 0 fully saturated rings. The zero-order valence-electron chi connectivity index (χ0n) is 16.0. The van der Waals surface area contributed by atoms with Gasteiger partial charge in [-0.1, -0.05) is 12.1 Å². The summed E-state index contributed by atoms with van der Waals surface area (Å²) in [7, 11) is 1.53. The van der Waals surface area contributed by atoms with E-state index in [1.54, 1.807) is 24.3 Å². The number of primary amides is 1. The van der Waals surface area contributed by atoms with E-state index in [2.05, 4.69) is 5.32 Å². The van der Waals surface area contributed by atoms with E-state index in [-0.39, 0.29) is 24.2 Å². The Kier molecular flexibility index (Phi) is 7.30. The highest BCUT2D eigenvalue weighted by Crippen LogP contribution is 2.13. The molecule has 29 heavy (non-hydrogen) atoms. The monoisotopic (exact) mass is 397 g/mol. The van der Waals surface area contributed by atoms with Gasteiger partial charge in [0.05, 0.1) is 19.2 Å². The number of amides is 2. The molecule has 1 aromatic carbocycles. The van der Waals surface area contributed by atoms with Gasteiger partial charge in [0, 0.05) is 19.0 Å². The number of ether oxygens (including phenoxy) is 1. The lowest BCUT2D eigenvalue weighted by Crippen LogP contribution is -2.33. The summed E-state index contributed by atoms with van der Waals surface area (Å²) in [6.07, 6.45) is 4.14. The minimum atomic E-state index is -0.916. The molecular weight excluding hydrogens is 374 g/mol. The molecule has 1 heterocycles. The number of benzene rings is 1. The van der Waals surface area contributed by atoms with Crippen LogP contribution in [0.25, 0.3) is 0 Å². The molecule has 9 nitrogen and oxygen atoms in total. The molecule has 0 radical (unpaired) electrons. The van der Waals surface area contributed by atoms with Crippen LogP contribution in [0.4, 0.5) is 0 Å². The number of pyridine rings is 1. The lowest BCUT2D eigenvalue weighted by atomic mass is 10.1. The maximum Gasteiger partial charge on any atom is 0.263 e. The Morgan fingerprint density at radius 2 is 2.07 bits per heavy atom. The Balaban J connectivity index is 2.31. The highest BCUT2D eigenvalue weighted by Gasteiger charge is 2.16. The van der Waals surface area contributed by atoms with Crippen molar-refractivity contribution in [2.24, 2.45) is 11.5 Å². The van der Waals surface area contributed by atoms with Crippen LogP contribution in [-0.2, 0) is 6.54 Å². The van der Waals surface area contributed by atoms with Gasteiger partial charge in [0.1, 0.15) is 11.3 Å². The number of carbonyl (C=O) groups is 2. The number of nitrogens with two attached hydrogens (primary N) is 2. The van der Waals surface area contributed by atoms with Crippen molar-refractivity contribution < 1.29 is 14.3 Å². The van der Waals surface area contributed by atoms with Gasteiger partial charge in [-0.2, -0.15) is 0 Å². The summed E-state index contributed by atoms with van der Waals surface area (Å²) in [6.45, 7) is 0.365. The molecule has 0 unspecified atom stereocenters. The maximum atomic E-state index is 12.6. The molecule has 0 atom stereocenters. The van der Waals surface area contributed by atoms with Crippen LogP contribution < -0.4 is 27.1 Å². The maximum absolute atomic E-state index is 12.6. The van der Waals surface area contributed by atoms with E-state index in [4.69, 9.17) is 21.6 Å². The number of carbonyl (C=O) groups excluding carboxylic acids is 2. The SMILES string of the molecule is COc1cccc(Cn2cc(C(=O)NCC/C(C=N)=C/N)cc(C(N)=O)c2=O)c1. The van der Waals surface area contributed by atoms with E-state index >= 15 is 0 Å². The van der Waals surface area contributed by atoms with Crippen LogP contribution in [0.1, 0.15) is 32.7 Å². The lowest BCUT2D eigenvalue weighted by molar-refractivity contribution is 0.0953. The van der Waals surface area contributed by atoms with E-state index in [1.807, 2.05) is 0 Å². The molecular formula is C20H23N5O4. The Labute approximate surface area is 167 Å². The Morgan fingerprint density at radius 3 is 2.69 bits per heavy atom. The molecule has 0 aliphatic rings. The number of hydrogen-bond acceptors (Lipinski definition) is 6. The number of nitrogens with zero attached hydrogens (tertiary/aromatic N) is 1. The van der Waals surface area contributed by atoms with Crippen LogP contribution >= 0.6 is 0 Å². The van der Waals surface area contributed by atoms with E-state index in [0.717, 1.165) is 11.8 Å². The first-order valence-corrected chi connectivity index (χ1v) is 8.76. The van der Waals surface area contributed by atoms with E-state index in [1.165, 1.54) is 30.1 Å². The van der Waals surface area contributed by atoms with Crippen molar-refractivity contribution in [1.29, 1.82) is 5.41 Å². The van der Waals surface area contributed by atoms with E-state index in [9.17, 15) is 14.4 Å². The van der Waals surface area contributed by atoms with Gasteiger partial charge in [-0.25, -0.2) is 0 Å². The van der Waals surface area contributed by atoms with Crippen molar-refractivity contribution in [3.8, 4) is 5.75 Å². The molecule has 0 saturated carbocycles. The molecule has 0 spiro atoms. The molecule has 2 aromatic rings. The summed E-state index contributed by atoms with van der Waals surface area (Å²) in [6, 6.07) is 8.27. The second-order valence-electron chi connectivity index (χ2n) is 6.18. The van der Waals surface area contributed by atoms with Gasteiger partial charge in [-0.15, -0.1) is 0 Å². The van der Waals surface area contributed by atoms with Gasteiger partial charge in [-0.3, -0.25) is 14.4 Å². The fourth-order valence-electron chi connectivity index (χ4n) is 2.65. The molecule has 0 aliphatic carbocycles. The topological polar surface area (TPSA) is 153 Å². The minimum Gasteiger partial charge on any atom is -0.497 e. The molecule has 9 heteroatoms. The van der Waals surface area contributed by atoms with E-state index < -0.39 is 17.4 Å². The summed E-state index contributed by atoms with van der Waals surface area (Å²) < 4.78 is 6.43. The molecule has 1 aromatic heterocycles. The smallest absolute Gasteiger partial charge is 0.263 e. The molecule has 6 N–H and O–H groups in total. The van der Waals surface area contributed by atoms with Gasteiger partial charge >= 0.3 is 0 Å². The van der Waals surface area contributed by atoms with E-state index in [0.29, 0.717) is 17.7 Å². The molecule has 2 rings (SSSR count). The third-order valence-corrected chi connectivity index (χ3v) is 4.20. The average molecular weight is 397 g/mol. The highest BCUT2D eigenvalue weighted by atomic mass is 16.5. The summed E-state index contributed by atoms with van der Waals surface area (Å²) >= 11 is 0. The number of aromatic nitrogens is 1. The van der Waals surface area contributed by atoms with Crippen LogP contribution in [0.3, 0.4) is 0 Å². The Bertz CT molecular complexity index is 1010. The summed E-state index contributed by atoms with van der Waals surface area (Å²) in [5.41, 5.74) is 11.3. The molecule has 0 bridgehead atoms. The van der Waals surface area contributed by atoms with Crippen molar-refractivity contribution in [3.05, 3.63) is 75.3 Å². The third kappa shape index (κ3) is 5.55. The quantitative estimate of drug-likeness (QED) is 0.457. The summed E-state index contributed by atoms with van der Waals surface area (Å²) in [5.74, 6) is -0.774. The van der Waals surface area contributed by atoms with Gasteiger partial charge in [0.2, 0.25) is 0 Å². The van der Waals surface area contributed by atoms with Crippen LogP contribution in [0.2, 0.25) is 0 Å². The zero-order valence-corrected chi connectivity index (χ0v) is 16.0. The molecule has 2 amide bonds. The normalized spacial score (nSPS) is 11.0. The van der Waals surface area contributed by atoms with Crippen molar-refractivity contribution in [2.75, 3.05) is 13.7 Å². The fraction of sp³-hybridized carbons (Fsp3) is 0.200. The van der Waals surface area contributed by atoms with Crippen molar-refractivity contribution in [2.45, 2.75) is 13.0 Å².